The summed E-state index contributed by atoms with van der Waals surface area (Å²) in [6.45, 7) is -8.05. The van der Waals surface area contributed by atoms with Crippen molar-refractivity contribution in [2.45, 2.75) is 32.6 Å². The van der Waals surface area contributed by atoms with Crippen molar-refractivity contribution < 1.29 is 28.3 Å². The first-order valence-electron chi connectivity index (χ1n) is 14.5. The molecule has 2 aromatic carbocycles. The van der Waals surface area contributed by atoms with Crippen molar-refractivity contribution in [3.05, 3.63) is 66.9 Å². The lowest BCUT2D eigenvalue weighted by molar-refractivity contribution is -0.142. The number of carboxylic acids is 1. The number of aliphatic carboxylic acids is 1. The summed E-state index contributed by atoms with van der Waals surface area (Å²) in [4.78, 5) is 21.1. The molecule has 0 saturated carbocycles. The molecular formula is C25H29N3O3. The Hall–Kier alpha value is -3.25. The topological polar surface area (TPSA) is 75.5 Å². The number of anilines is 1. The van der Waals surface area contributed by atoms with Gasteiger partial charge in [-0.1, -0.05) is 60.7 Å². The first-order chi connectivity index (χ1) is 18.8. The van der Waals surface area contributed by atoms with Gasteiger partial charge in [0.15, 0.2) is 0 Å². The monoisotopic (exact) mass is 429 g/mol. The van der Waals surface area contributed by atoms with Gasteiger partial charge in [-0.05, 0) is 26.6 Å². The fourth-order valence-corrected chi connectivity index (χ4v) is 2.76. The first-order valence-corrected chi connectivity index (χ1v) is 9.49. The van der Waals surface area contributed by atoms with Crippen LogP contribution in [0.1, 0.15) is 40.3 Å². The quantitative estimate of drug-likeness (QED) is 0.467. The van der Waals surface area contributed by atoms with Crippen LogP contribution in [-0.2, 0) is 9.53 Å². The molecule has 0 radical (unpaired) electrons. The van der Waals surface area contributed by atoms with E-state index in [4.69, 9.17) is 18.8 Å². The predicted octanol–water partition coefficient (Wildman–Crippen LogP) is 4.91. The molecule has 1 N–H and O–H groups in total. The Bertz CT molecular complexity index is 1370. The van der Waals surface area contributed by atoms with Crippen LogP contribution >= 0.6 is 0 Å². The molecule has 0 bridgehead atoms. The lowest BCUT2D eigenvalue weighted by atomic mass is 10.0. The summed E-state index contributed by atoms with van der Waals surface area (Å²) in [5.41, 5.74) is 2.09. The van der Waals surface area contributed by atoms with E-state index in [0.29, 0.717) is 22.5 Å². The van der Waals surface area contributed by atoms with Gasteiger partial charge in [-0.2, -0.15) is 0 Å². The normalized spacial score (nSPS) is 18.0. The highest BCUT2D eigenvalue weighted by atomic mass is 16.5. The molecule has 31 heavy (non-hydrogen) atoms. The fourth-order valence-electron chi connectivity index (χ4n) is 2.76. The molecule has 162 valence electrons. The molecule has 0 spiro atoms. The number of benzene rings is 2. The highest BCUT2D eigenvalue weighted by Gasteiger charge is 2.17. The van der Waals surface area contributed by atoms with E-state index in [1.165, 1.54) is 20.0 Å². The van der Waals surface area contributed by atoms with Crippen molar-refractivity contribution >= 4 is 11.8 Å². The zero-order chi connectivity index (χ0) is 31.0. The largest absolute Gasteiger partial charge is 0.480 e. The Kier molecular flexibility index (Phi) is 4.55. The number of ether oxygens (including phenoxy) is 1. The third-order valence-electron chi connectivity index (χ3n) is 4.10. The highest BCUT2D eigenvalue weighted by molar-refractivity contribution is 5.78. The highest BCUT2D eigenvalue weighted by Crippen LogP contribution is 2.30. The second-order valence-corrected chi connectivity index (χ2v) is 6.59. The van der Waals surface area contributed by atoms with Crippen molar-refractivity contribution in [1.29, 1.82) is 0 Å². The van der Waals surface area contributed by atoms with Crippen LogP contribution in [0.25, 0.3) is 22.5 Å². The van der Waals surface area contributed by atoms with E-state index < -0.39 is 44.4 Å². The Morgan fingerprint density at radius 1 is 1.03 bits per heavy atom. The minimum Gasteiger partial charge on any atom is -0.480 e. The summed E-state index contributed by atoms with van der Waals surface area (Å²) in [5, 5.41) is 8.99. The Morgan fingerprint density at radius 2 is 1.65 bits per heavy atom. The molecule has 0 unspecified atom stereocenters. The van der Waals surface area contributed by atoms with Crippen molar-refractivity contribution in [3.8, 4) is 22.5 Å². The second kappa shape index (κ2) is 11.2. The van der Waals surface area contributed by atoms with Crippen LogP contribution in [0, 0.1) is 0 Å². The van der Waals surface area contributed by atoms with E-state index in [9.17, 15) is 4.79 Å². The average molecular weight is 430 g/mol. The standard InChI is InChI=1S/C25H29N3O3/c1-19(2)28(15-9-10-16-31-18-23(29)30)22-17-26-24(20-11-5-3-6-12-20)25(27-22)21-13-7-4-8-14-21/h3-8,11-14,17,19H,9-10,15-16,18H2,1-2H3,(H,29,30)/i9D2,10D2,15D2,16D2,18D2. The van der Waals surface area contributed by atoms with Gasteiger partial charge in [0, 0.05) is 38.4 Å². The van der Waals surface area contributed by atoms with E-state index in [1.54, 1.807) is 54.6 Å². The molecule has 6 nitrogen and oxygen atoms in total. The molecule has 0 atom stereocenters. The molecule has 6 heteroatoms. The summed E-state index contributed by atoms with van der Waals surface area (Å²) in [6, 6.07) is 17.0. The molecule has 1 heterocycles. The first kappa shape index (κ1) is 12.6. The molecule has 0 fully saturated rings. The van der Waals surface area contributed by atoms with Crippen LogP contribution < -0.4 is 4.90 Å². The molecule has 3 aromatic rings. The Balaban J connectivity index is 2.18. The zero-order valence-electron chi connectivity index (χ0n) is 27.0. The van der Waals surface area contributed by atoms with Gasteiger partial charge in [0.1, 0.15) is 12.4 Å². The van der Waals surface area contributed by atoms with Gasteiger partial charge in [0.05, 0.1) is 23.1 Å². The molecule has 0 aliphatic rings. The van der Waals surface area contributed by atoms with Crippen LogP contribution in [0.2, 0.25) is 0 Å². The van der Waals surface area contributed by atoms with E-state index >= 15 is 0 Å². The lowest BCUT2D eigenvalue weighted by Crippen LogP contribution is -2.33. The van der Waals surface area contributed by atoms with Gasteiger partial charge >= 0.3 is 5.97 Å². The zero-order valence-corrected chi connectivity index (χ0v) is 17.0. The minimum atomic E-state index is -3.94. The molecule has 0 aliphatic heterocycles. The smallest absolute Gasteiger partial charge is 0.329 e. The fraction of sp³-hybridized carbons (Fsp3) is 0.320. The van der Waals surface area contributed by atoms with Crippen molar-refractivity contribution in [2.24, 2.45) is 0 Å². The number of hydrogen-bond donors (Lipinski definition) is 1. The van der Waals surface area contributed by atoms with Gasteiger partial charge in [-0.3, -0.25) is 4.98 Å². The number of nitrogens with zero attached hydrogens (tertiary/aromatic N) is 3. The van der Waals surface area contributed by atoms with E-state index in [2.05, 4.69) is 14.7 Å². The number of aromatic nitrogens is 2. The van der Waals surface area contributed by atoms with Gasteiger partial charge < -0.3 is 14.7 Å². The molecule has 3 rings (SSSR count). The third kappa shape index (κ3) is 6.36. The number of carboxylic acid groups (broad SMARTS) is 1. The number of carbonyl (C=O) groups is 1. The maximum atomic E-state index is 11.2. The molecule has 1 aromatic heterocycles. The summed E-state index contributed by atoms with van der Waals surface area (Å²) in [6.07, 6.45) is -6.51. The van der Waals surface area contributed by atoms with Crippen LogP contribution in [0.4, 0.5) is 5.82 Å². The Labute approximate surface area is 197 Å². The van der Waals surface area contributed by atoms with Crippen molar-refractivity contribution in [2.75, 3.05) is 24.5 Å². The van der Waals surface area contributed by atoms with Gasteiger partial charge in [0.2, 0.25) is 0 Å². The maximum absolute atomic E-state index is 11.2. The molecule has 0 amide bonds. The summed E-state index contributed by atoms with van der Waals surface area (Å²) in [5.74, 6) is -2.46. The summed E-state index contributed by atoms with van der Waals surface area (Å²) < 4.78 is 85.9. The third-order valence-corrected chi connectivity index (χ3v) is 4.10. The lowest BCUT2D eigenvalue weighted by Gasteiger charge is -2.28. The van der Waals surface area contributed by atoms with Crippen LogP contribution in [0.3, 0.4) is 0 Å². The minimum absolute atomic E-state index is 0.189. The van der Waals surface area contributed by atoms with Crippen LogP contribution in [0.15, 0.2) is 66.9 Å². The maximum Gasteiger partial charge on any atom is 0.329 e. The molecular weight excluding hydrogens is 390 g/mol. The second-order valence-electron chi connectivity index (χ2n) is 6.59. The average Bonchev–Trinajstić information content (AvgIpc) is 2.88. The SMILES string of the molecule is [2H]C([2H])(OC([2H])([2H])C([2H])([2H])C([2H])([2H])C([2H])([2H])N(c1cnc(-c2ccccc2)c(-c2ccccc2)n1)C(C)C)C(=O)O. The predicted molar refractivity (Wildman–Crippen MR) is 123 cm³/mol. The van der Waals surface area contributed by atoms with Gasteiger partial charge in [-0.15, -0.1) is 0 Å². The van der Waals surface area contributed by atoms with E-state index in [0.717, 1.165) is 4.90 Å². The van der Waals surface area contributed by atoms with Crippen LogP contribution in [-0.4, -0.2) is 46.7 Å². The molecule has 0 aliphatic carbocycles. The van der Waals surface area contributed by atoms with E-state index in [-0.39, 0.29) is 5.82 Å². The summed E-state index contributed by atoms with van der Waals surface area (Å²) >= 11 is 0. The van der Waals surface area contributed by atoms with Crippen molar-refractivity contribution in [3.63, 3.8) is 0 Å². The number of hydrogen-bond acceptors (Lipinski definition) is 5. The van der Waals surface area contributed by atoms with Crippen LogP contribution in [0.5, 0.6) is 0 Å². The Morgan fingerprint density at radius 3 is 2.23 bits per heavy atom. The van der Waals surface area contributed by atoms with Gasteiger partial charge in [-0.25, -0.2) is 9.78 Å². The van der Waals surface area contributed by atoms with Gasteiger partial charge in [0.25, 0.3) is 0 Å². The summed E-state index contributed by atoms with van der Waals surface area (Å²) in [7, 11) is 0. The van der Waals surface area contributed by atoms with E-state index in [1.807, 2.05) is 6.07 Å². The number of rotatable bonds is 11. The van der Waals surface area contributed by atoms with Crippen molar-refractivity contribution in [1.82, 2.24) is 9.97 Å². The molecule has 0 saturated heterocycles.